The van der Waals surface area contributed by atoms with Gasteiger partial charge in [0.2, 0.25) is 0 Å². The van der Waals surface area contributed by atoms with Crippen molar-refractivity contribution in [2.24, 2.45) is 5.73 Å². The molecule has 206 valence electrons. The molecular weight excluding hydrogens is 526 g/mol. The van der Waals surface area contributed by atoms with Crippen molar-refractivity contribution in [3.05, 3.63) is 112 Å². The first kappa shape index (κ1) is 27.0. The first-order chi connectivity index (χ1) is 19.9. The van der Waals surface area contributed by atoms with Crippen LogP contribution in [-0.4, -0.2) is 45.2 Å². The van der Waals surface area contributed by atoms with Gasteiger partial charge in [0, 0.05) is 16.8 Å². The van der Waals surface area contributed by atoms with Crippen molar-refractivity contribution in [2.45, 2.75) is 5.92 Å². The third kappa shape index (κ3) is 4.85. The molecule has 5 rings (SSSR count). The van der Waals surface area contributed by atoms with Crippen LogP contribution in [0.25, 0.3) is 0 Å². The van der Waals surface area contributed by atoms with Crippen LogP contribution in [0.2, 0.25) is 0 Å². The minimum absolute atomic E-state index is 0.0211. The maximum absolute atomic E-state index is 13.5. The molecule has 2 aliphatic heterocycles. The number of rotatable bonds is 6. The van der Waals surface area contributed by atoms with E-state index in [0.29, 0.717) is 35.8 Å². The molecule has 0 aliphatic carbocycles. The van der Waals surface area contributed by atoms with Gasteiger partial charge in [0.15, 0.2) is 17.3 Å². The van der Waals surface area contributed by atoms with Crippen molar-refractivity contribution in [1.82, 2.24) is 0 Å². The lowest BCUT2D eigenvalue weighted by atomic mass is 9.81. The minimum Gasteiger partial charge on any atom is -0.486 e. The fourth-order valence-electron chi connectivity index (χ4n) is 4.92. The maximum atomic E-state index is 13.5. The second-order valence-corrected chi connectivity index (χ2v) is 9.07. The van der Waals surface area contributed by atoms with Gasteiger partial charge in [0.05, 0.1) is 37.4 Å². The number of nitriles is 1. The van der Waals surface area contributed by atoms with Gasteiger partial charge in [0.25, 0.3) is 0 Å². The number of benzene rings is 3. The van der Waals surface area contributed by atoms with Gasteiger partial charge in [0.1, 0.15) is 24.7 Å². The zero-order valence-corrected chi connectivity index (χ0v) is 22.2. The number of fused-ring (bicyclic) bond motifs is 1. The molecule has 1 atom stereocenters. The molecule has 2 heterocycles. The lowest BCUT2D eigenvalue weighted by Gasteiger charge is -2.36. The summed E-state index contributed by atoms with van der Waals surface area (Å²) in [6, 6.07) is 22.0. The van der Waals surface area contributed by atoms with E-state index in [2.05, 4.69) is 6.07 Å². The van der Waals surface area contributed by atoms with E-state index in [9.17, 15) is 19.6 Å². The summed E-state index contributed by atoms with van der Waals surface area (Å²) in [5.41, 5.74) is 7.66. The molecule has 10 nitrogen and oxygen atoms in total. The molecule has 0 radical (unpaired) electrons. The highest BCUT2D eigenvalue weighted by molar-refractivity contribution is 6.10. The molecule has 0 saturated carbocycles. The summed E-state index contributed by atoms with van der Waals surface area (Å²) < 4.78 is 21.3. The van der Waals surface area contributed by atoms with E-state index in [1.807, 2.05) is 0 Å². The van der Waals surface area contributed by atoms with Crippen LogP contribution >= 0.6 is 0 Å². The van der Waals surface area contributed by atoms with Gasteiger partial charge in [-0.2, -0.15) is 5.26 Å². The Morgan fingerprint density at radius 1 is 0.878 bits per heavy atom. The molecule has 0 spiro atoms. The highest BCUT2D eigenvalue weighted by atomic mass is 16.6. The number of allylic oxidation sites excluding steroid dienone is 1. The Labute approximate surface area is 235 Å². The second kappa shape index (κ2) is 11.3. The van der Waals surface area contributed by atoms with E-state index < -0.39 is 17.9 Å². The zero-order chi connectivity index (χ0) is 29.1. The molecule has 0 fully saturated rings. The topological polar surface area (TPSA) is 141 Å². The number of ether oxygens (including phenoxy) is 4. The molecule has 0 bridgehead atoms. The average Bonchev–Trinajstić information content (AvgIpc) is 3.03. The standard InChI is InChI=1S/C31H25N3O7/c1-38-30(36)26-25(18-7-4-3-5-8-18)22(17-32)29(33)34(27(26)31(37)39-2)21-10-6-9-19(15-21)28(35)20-11-12-23-24(16-20)41-14-13-40-23/h3-12,15-16,25H,13-14,33H2,1-2H3. The first-order valence-electron chi connectivity index (χ1n) is 12.6. The summed E-state index contributed by atoms with van der Waals surface area (Å²) in [5, 5.41) is 10.2. The fraction of sp³-hybridized carbons (Fsp3) is 0.161. The van der Waals surface area contributed by atoms with Crippen molar-refractivity contribution >= 4 is 23.4 Å². The number of hydrogen-bond donors (Lipinski definition) is 1. The van der Waals surface area contributed by atoms with E-state index in [0.717, 1.165) is 0 Å². The third-order valence-electron chi connectivity index (χ3n) is 6.78. The summed E-state index contributed by atoms with van der Waals surface area (Å²) >= 11 is 0. The molecule has 1 unspecified atom stereocenters. The normalized spacial score (nSPS) is 16.1. The van der Waals surface area contributed by atoms with E-state index in [4.69, 9.17) is 24.7 Å². The SMILES string of the molecule is COC(=O)C1=C(C(=O)OC)N(c2cccc(C(=O)c3ccc4c(c3)OCCO4)c2)C(N)=C(C#N)C1c1ccccc1. The Balaban J connectivity index is 1.67. The van der Waals surface area contributed by atoms with E-state index in [1.165, 1.54) is 25.2 Å². The largest absolute Gasteiger partial charge is 0.486 e. The van der Waals surface area contributed by atoms with Crippen LogP contribution < -0.4 is 20.1 Å². The van der Waals surface area contributed by atoms with Crippen molar-refractivity contribution in [1.29, 1.82) is 5.26 Å². The van der Waals surface area contributed by atoms with Gasteiger partial charge in [-0.05, 0) is 35.9 Å². The van der Waals surface area contributed by atoms with Crippen molar-refractivity contribution in [3.8, 4) is 17.6 Å². The van der Waals surface area contributed by atoms with Crippen LogP contribution in [0.5, 0.6) is 11.5 Å². The lowest BCUT2D eigenvalue weighted by Crippen LogP contribution is -2.40. The van der Waals surface area contributed by atoms with Gasteiger partial charge >= 0.3 is 11.9 Å². The lowest BCUT2D eigenvalue weighted by molar-refractivity contribution is -0.139. The number of nitrogens with two attached hydrogens (primary N) is 1. The quantitative estimate of drug-likeness (QED) is 0.357. The van der Waals surface area contributed by atoms with Crippen LogP contribution in [0.4, 0.5) is 5.69 Å². The molecule has 0 amide bonds. The Hall–Kier alpha value is -5.56. The van der Waals surface area contributed by atoms with Crippen molar-refractivity contribution in [2.75, 3.05) is 32.3 Å². The number of esters is 2. The second-order valence-electron chi connectivity index (χ2n) is 9.07. The summed E-state index contributed by atoms with van der Waals surface area (Å²) in [6.07, 6.45) is 0. The summed E-state index contributed by atoms with van der Waals surface area (Å²) in [7, 11) is 2.35. The number of methoxy groups -OCH3 is 2. The van der Waals surface area contributed by atoms with Gasteiger partial charge in [-0.15, -0.1) is 0 Å². The van der Waals surface area contributed by atoms with Crippen LogP contribution in [0, 0.1) is 11.3 Å². The van der Waals surface area contributed by atoms with E-state index in [-0.39, 0.29) is 39.7 Å². The molecule has 0 aromatic heterocycles. The Morgan fingerprint density at radius 3 is 2.24 bits per heavy atom. The maximum Gasteiger partial charge on any atom is 0.355 e. The van der Waals surface area contributed by atoms with Crippen LogP contribution in [0.15, 0.2) is 95.5 Å². The number of hydrogen-bond acceptors (Lipinski definition) is 10. The van der Waals surface area contributed by atoms with Crippen LogP contribution in [0.1, 0.15) is 27.4 Å². The Kier molecular flexibility index (Phi) is 7.43. The monoisotopic (exact) mass is 551 g/mol. The fourth-order valence-corrected chi connectivity index (χ4v) is 4.92. The summed E-state index contributed by atoms with van der Waals surface area (Å²) in [5.74, 6) is -2.13. The number of carbonyl (C=O) groups is 3. The van der Waals surface area contributed by atoms with Crippen LogP contribution in [0.3, 0.4) is 0 Å². The molecule has 0 saturated heterocycles. The molecule has 2 aliphatic rings. The van der Waals surface area contributed by atoms with Crippen molar-refractivity contribution in [3.63, 3.8) is 0 Å². The number of carbonyl (C=O) groups excluding carboxylic acids is 3. The number of nitrogens with zero attached hydrogens (tertiary/aromatic N) is 2. The van der Waals surface area contributed by atoms with Crippen LogP contribution in [-0.2, 0) is 19.1 Å². The van der Waals surface area contributed by atoms with Gasteiger partial charge in [-0.3, -0.25) is 9.69 Å². The Bertz CT molecular complexity index is 1650. The Morgan fingerprint density at radius 2 is 1.56 bits per heavy atom. The molecule has 41 heavy (non-hydrogen) atoms. The third-order valence-corrected chi connectivity index (χ3v) is 6.78. The molecule has 3 aromatic rings. The summed E-state index contributed by atoms with van der Waals surface area (Å²) in [6.45, 7) is 0.795. The smallest absolute Gasteiger partial charge is 0.355 e. The number of ketones is 1. The zero-order valence-electron chi connectivity index (χ0n) is 22.2. The summed E-state index contributed by atoms with van der Waals surface area (Å²) in [4.78, 5) is 41.3. The first-order valence-corrected chi connectivity index (χ1v) is 12.6. The predicted octanol–water partition coefficient (Wildman–Crippen LogP) is 3.59. The predicted molar refractivity (Wildman–Crippen MR) is 147 cm³/mol. The van der Waals surface area contributed by atoms with E-state index >= 15 is 0 Å². The van der Waals surface area contributed by atoms with Gasteiger partial charge in [-0.1, -0.05) is 42.5 Å². The average molecular weight is 552 g/mol. The highest BCUT2D eigenvalue weighted by Crippen LogP contribution is 2.43. The highest BCUT2D eigenvalue weighted by Gasteiger charge is 2.43. The van der Waals surface area contributed by atoms with E-state index in [1.54, 1.807) is 66.7 Å². The molecule has 2 N–H and O–H groups in total. The molecular formula is C31H25N3O7. The van der Waals surface area contributed by atoms with Gasteiger partial charge in [-0.25, -0.2) is 9.59 Å². The minimum atomic E-state index is -0.999. The molecule has 10 heteroatoms. The molecule has 3 aromatic carbocycles. The van der Waals surface area contributed by atoms with Crippen molar-refractivity contribution < 1.29 is 33.3 Å². The number of anilines is 1. The van der Waals surface area contributed by atoms with Gasteiger partial charge < -0.3 is 24.7 Å².